The molecule has 0 heterocycles. The van der Waals surface area contributed by atoms with E-state index < -0.39 is 0 Å². The van der Waals surface area contributed by atoms with Gasteiger partial charge in [0.05, 0.1) is 33.6 Å². The first-order valence-corrected chi connectivity index (χ1v) is 8.72. The van der Waals surface area contributed by atoms with Crippen molar-refractivity contribution in [1.29, 1.82) is 0 Å². The number of anilines is 1. The van der Waals surface area contributed by atoms with Crippen LogP contribution in [-0.4, -0.2) is 45.7 Å². The predicted octanol–water partition coefficient (Wildman–Crippen LogP) is 3.40. The molecule has 0 unspecified atom stereocenters. The summed E-state index contributed by atoms with van der Waals surface area (Å²) in [6, 6.07) is 9.59. The number of rotatable bonds is 8. The molecule has 0 aromatic heterocycles. The van der Waals surface area contributed by atoms with Crippen LogP contribution in [0, 0.1) is 13.8 Å². The fraction of sp³-hybridized carbons (Fsp3) is 0.381. The maximum absolute atomic E-state index is 12.4. The molecule has 0 atom stereocenters. The molecule has 27 heavy (non-hydrogen) atoms. The summed E-state index contributed by atoms with van der Waals surface area (Å²) in [5.41, 5.74) is 3.90. The quantitative estimate of drug-likeness (QED) is 0.770. The summed E-state index contributed by atoms with van der Waals surface area (Å²) >= 11 is 0. The summed E-state index contributed by atoms with van der Waals surface area (Å²) in [5.74, 6) is 1.93. The minimum Gasteiger partial charge on any atom is -0.495 e. The molecule has 6 nitrogen and oxygen atoms in total. The van der Waals surface area contributed by atoms with Gasteiger partial charge in [-0.2, -0.15) is 0 Å². The number of carbonyl (C=O) groups is 1. The molecule has 1 amide bonds. The topological polar surface area (TPSA) is 60.0 Å². The van der Waals surface area contributed by atoms with Crippen molar-refractivity contribution in [1.82, 2.24) is 4.90 Å². The van der Waals surface area contributed by atoms with E-state index in [1.807, 2.05) is 56.1 Å². The van der Waals surface area contributed by atoms with Crippen LogP contribution in [0.2, 0.25) is 0 Å². The Morgan fingerprint density at radius 2 is 1.59 bits per heavy atom. The third-order valence-corrected chi connectivity index (χ3v) is 4.32. The lowest BCUT2D eigenvalue weighted by Gasteiger charge is -2.20. The molecule has 0 fully saturated rings. The Labute approximate surface area is 161 Å². The first-order chi connectivity index (χ1) is 12.9. The zero-order valence-electron chi connectivity index (χ0n) is 16.9. The average Bonchev–Trinajstić information content (AvgIpc) is 2.63. The highest BCUT2D eigenvalue weighted by atomic mass is 16.5. The van der Waals surface area contributed by atoms with Crippen molar-refractivity contribution in [2.45, 2.75) is 20.4 Å². The van der Waals surface area contributed by atoms with Crippen LogP contribution >= 0.6 is 0 Å². The normalized spacial score (nSPS) is 10.6. The number of nitrogens with zero attached hydrogens (tertiary/aromatic N) is 1. The fourth-order valence-corrected chi connectivity index (χ4v) is 2.89. The van der Waals surface area contributed by atoms with Crippen LogP contribution < -0.4 is 19.5 Å². The molecule has 0 aliphatic rings. The number of hydrogen-bond acceptors (Lipinski definition) is 5. The van der Waals surface area contributed by atoms with Gasteiger partial charge in [0.2, 0.25) is 5.91 Å². The zero-order chi connectivity index (χ0) is 20.0. The number of hydrogen-bond donors (Lipinski definition) is 1. The molecular weight excluding hydrogens is 344 g/mol. The monoisotopic (exact) mass is 372 g/mol. The molecule has 0 saturated carbocycles. The highest BCUT2D eigenvalue weighted by Crippen LogP contribution is 2.30. The Morgan fingerprint density at radius 1 is 0.963 bits per heavy atom. The number of likely N-dealkylation sites (N-methyl/N-ethyl adjacent to an activating group) is 1. The van der Waals surface area contributed by atoms with Crippen LogP contribution in [0.4, 0.5) is 5.69 Å². The van der Waals surface area contributed by atoms with Gasteiger partial charge in [-0.1, -0.05) is 6.07 Å². The molecule has 146 valence electrons. The van der Waals surface area contributed by atoms with E-state index in [9.17, 15) is 4.79 Å². The molecule has 2 aromatic carbocycles. The van der Waals surface area contributed by atoms with Gasteiger partial charge in [-0.05, 0) is 61.9 Å². The van der Waals surface area contributed by atoms with E-state index in [4.69, 9.17) is 14.2 Å². The number of carbonyl (C=O) groups excluding carboxylic acids is 1. The molecule has 0 aliphatic carbocycles. The van der Waals surface area contributed by atoms with Crippen molar-refractivity contribution in [3.63, 3.8) is 0 Å². The predicted molar refractivity (Wildman–Crippen MR) is 107 cm³/mol. The van der Waals surface area contributed by atoms with Crippen LogP contribution in [-0.2, 0) is 11.3 Å². The maximum atomic E-state index is 12.4. The highest BCUT2D eigenvalue weighted by molar-refractivity contribution is 5.93. The van der Waals surface area contributed by atoms with E-state index in [0.29, 0.717) is 29.5 Å². The van der Waals surface area contributed by atoms with E-state index in [1.165, 1.54) is 0 Å². The summed E-state index contributed by atoms with van der Waals surface area (Å²) in [6.45, 7) is 4.86. The fourth-order valence-electron chi connectivity index (χ4n) is 2.89. The molecule has 2 aromatic rings. The zero-order valence-corrected chi connectivity index (χ0v) is 16.9. The first kappa shape index (κ1) is 20.6. The van der Waals surface area contributed by atoms with Gasteiger partial charge in [0.1, 0.15) is 5.75 Å². The molecule has 0 radical (unpaired) electrons. The van der Waals surface area contributed by atoms with Crippen LogP contribution in [0.1, 0.15) is 16.7 Å². The lowest BCUT2D eigenvalue weighted by Crippen LogP contribution is -2.30. The van der Waals surface area contributed by atoms with Crippen molar-refractivity contribution in [3.8, 4) is 17.2 Å². The number of nitrogens with one attached hydrogen (secondary N) is 1. The smallest absolute Gasteiger partial charge is 0.238 e. The third-order valence-electron chi connectivity index (χ3n) is 4.32. The Bertz CT molecular complexity index is 805. The number of amides is 1. The molecule has 0 aliphatic heterocycles. The average molecular weight is 372 g/mol. The van der Waals surface area contributed by atoms with Gasteiger partial charge in [0.15, 0.2) is 11.5 Å². The van der Waals surface area contributed by atoms with Gasteiger partial charge in [0, 0.05) is 6.54 Å². The largest absolute Gasteiger partial charge is 0.495 e. The van der Waals surface area contributed by atoms with Crippen molar-refractivity contribution in [3.05, 3.63) is 47.0 Å². The standard InChI is InChI=1S/C21H28N2O4/c1-14-7-8-18(25-4)17(9-14)22-21(24)13-23(3)12-16-11-20(27-6)19(26-5)10-15(16)2/h7-11H,12-13H2,1-6H3,(H,22,24). The van der Waals surface area contributed by atoms with E-state index in [2.05, 4.69) is 5.32 Å². The second-order valence-corrected chi connectivity index (χ2v) is 6.56. The third kappa shape index (κ3) is 5.37. The van der Waals surface area contributed by atoms with Gasteiger partial charge < -0.3 is 19.5 Å². The van der Waals surface area contributed by atoms with E-state index >= 15 is 0 Å². The first-order valence-electron chi connectivity index (χ1n) is 8.72. The number of ether oxygens (including phenoxy) is 3. The van der Waals surface area contributed by atoms with Crippen molar-refractivity contribution < 1.29 is 19.0 Å². The van der Waals surface area contributed by atoms with Gasteiger partial charge in [-0.15, -0.1) is 0 Å². The van der Waals surface area contributed by atoms with Crippen molar-refractivity contribution in [2.24, 2.45) is 0 Å². The highest BCUT2D eigenvalue weighted by Gasteiger charge is 2.14. The van der Waals surface area contributed by atoms with Crippen LogP contribution in [0.3, 0.4) is 0 Å². The summed E-state index contributed by atoms with van der Waals surface area (Å²) in [6.07, 6.45) is 0. The lowest BCUT2D eigenvalue weighted by atomic mass is 10.1. The Morgan fingerprint density at radius 3 is 2.22 bits per heavy atom. The number of benzene rings is 2. The van der Waals surface area contributed by atoms with E-state index in [1.54, 1.807) is 21.3 Å². The molecule has 6 heteroatoms. The minimum atomic E-state index is -0.0977. The molecule has 1 N–H and O–H groups in total. The molecule has 0 saturated heterocycles. The maximum Gasteiger partial charge on any atom is 0.238 e. The molecule has 2 rings (SSSR count). The van der Waals surface area contributed by atoms with E-state index in [-0.39, 0.29) is 12.5 Å². The van der Waals surface area contributed by atoms with Crippen LogP contribution in [0.15, 0.2) is 30.3 Å². The molecule has 0 bridgehead atoms. The van der Waals surface area contributed by atoms with Gasteiger partial charge in [-0.3, -0.25) is 9.69 Å². The van der Waals surface area contributed by atoms with Crippen LogP contribution in [0.25, 0.3) is 0 Å². The SMILES string of the molecule is COc1ccc(C)cc1NC(=O)CN(C)Cc1cc(OC)c(OC)cc1C. The number of methoxy groups -OCH3 is 3. The Balaban J connectivity index is 2.04. The summed E-state index contributed by atoms with van der Waals surface area (Å²) in [7, 11) is 6.73. The molecular formula is C21H28N2O4. The minimum absolute atomic E-state index is 0.0977. The second-order valence-electron chi connectivity index (χ2n) is 6.56. The lowest BCUT2D eigenvalue weighted by molar-refractivity contribution is -0.117. The second kappa shape index (κ2) is 9.28. The van der Waals surface area contributed by atoms with Gasteiger partial charge in [-0.25, -0.2) is 0 Å². The number of aryl methyl sites for hydroxylation is 2. The molecule has 0 spiro atoms. The summed E-state index contributed by atoms with van der Waals surface area (Å²) < 4.78 is 16.0. The summed E-state index contributed by atoms with van der Waals surface area (Å²) in [5, 5.41) is 2.92. The van der Waals surface area contributed by atoms with Gasteiger partial charge >= 0.3 is 0 Å². The Kier molecular flexibility index (Phi) is 7.07. The van der Waals surface area contributed by atoms with Crippen LogP contribution in [0.5, 0.6) is 17.2 Å². The summed E-state index contributed by atoms with van der Waals surface area (Å²) in [4.78, 5) is 14.4. The van der Waals surface area contributed by atoms with Crippen molar-refractivity contribution >= 4 is 11.6 Å². The van der Waals surface area contributed by atoms with Gasteiger partial charge in [0.25, 0.3) is 0 Å². The van der Waals surface area contributed by atoms with Crippen molar-refractivity contribution in [2.75, 3.05) is 40.2 Å². The Hall–Kier alpha value is -2.73. The van der Waals surface area contributed by atoms with E-state index in [0.717, 1.165) is 16.7 Å².